The van der Waals surface area contributed by atoms with Crippen LogP contribution < -0.4 is 5.32 Å². The van der Waals surface area contributed by atoms with E-state index in [-0.39, 0.29) is 0 Å². The van der Waals surface area contributed by atoms with Crippen LogP contribution in [0.3, 0.4) is 0 Å². The van der Waals surface area contributed by atoms with Crippen molar-refractivity contribution in [3.05, 3.63) is 12.7 Å². The molecule has 0 radical (unpaired) electrons. The third-order valence-corrected chi connectivity index (χ3v) is 2.41. The van der Waals surface area contributed by atoms with E-state index in [4.69, 9.17) is 0 Å². The van der Waals surface area contributed by atoms with Gasteiger partial charge in [0.25, 0.3) is 0 Å². The molecule has 0 amide bonds. The van der Waals surface area contributed by atoms with E-state index in [1.165, 1.54) is 32.6 Å². The van der Waals surface area contributed by atoms with Crippen molar-refractivity contribution in [2.75, 3.05) is 26.2 Å². The van der Waals surface area contributed by atoms with Crippen LogP contribution in [0.1, 0.15) is 19.8 Å². The topological polar surface area (TPSA) is 15.3 Å². The minimum Gasteiger partial charge on any atom is -0.314 e. The zero-order chi connectivity index (χ0) is 8.81. The van der Waals surface area contributed by atoms with Crippen molar-refractivity contribution >= 4 is 0 Å². The summed E-state index contributed by atoms with van der Waals surface area (Å²) in [5.74, 6) is 0. The molecule has 1 aliphatic heterocycles. The number of nitrogens with zero attached hydrogens (tertiary/aromatic N) is 1. The van der Waals surface area contributed by atoms with Crippen molar-refractivity contribution in [2.24, 2.45) is 0 Å². The molecule has 1 saturated heterocycles. The molecule has 2 nitrogen and oxygen atoms in total. The lowest BCUT2D eigenvalue weighted by atomic mass is 10.1. The lowest BCUT2D eigenvalue weighted by Crippen LogP contribution is -2.57. The van der Waals surface area contributed by atoms with E-state index < -0.39 is 0 Å². The Labute approximate surface area is 75.6 Å². The lowest BCUT2D eigenvalue weighted by Gasteiger charge is -2.38. The minimum absolute atomic E-state index is 0.796. The van der Waals surface area contributed by atoms with Gasteiger partial charge in [-0.3, -0.25) is 4.90 Å². The number of nitrogens with one attached hydrogen (secondary N) is 1. The molecular weight excluding hydrogens is 148 g/mol. The Kier molecular flexibility index (Phi) is 4.33. The highest BCUT2D eigenvalue weighted by atomic mass is 15.2. The van der Waals surface area contributed by atoms with Crippen LogP contribution >= 0.6 is 0 Å². The second-order valence-corrected chi connectivity index (χ2v) is 3.43. The fourth-order valence-corrected chi connectivity index (χ4v) is 1.55. The fourth-order valence-electron chi connectivity index (χ4n) is 1.55. The molecule has 0 aromatic carbocycles. The van der Waals surface area contributed by atoms with Gasteiger partial charge in [-0.1, -0.05) is 13.0 Å². The van der Waals surface area contributed by atoms with E-state index in [0.717, 1.165) is 12.5 Å². The quantitative estimate of drug-likeness (QED) is 0.600. The molecule has 0 aromatic rings. The molecular formula is C10H20N2. The van der Waals surface area contributed by atoms with Crippen molar-refractivity contribution in [2.45, 2.75) is 25.8 Å². The summed E-state index contributed by atoms with van der Waals surface area (Å²) in [6.07, 6.45) is 4.39. The van der Waals surface area contributed by atoms with E-state index in [0.29, 0.717) is 0 Å². The molecule has 0 aromatic heterocycles. The van der Waals surface area contributed by atoms with Crippen LogP contribution in [-0.4, -0.2) is 37.1 Å². The van der Waals surface area contributed by atoms with Gasteiger partial charge >= 0.3 is 0 Å². The minimum atomic E-state index is 0.796. The highest BCUT2D eigenvalue weighted by Gasteiger charge is 2.22. The van der Waals surface area contributed by atoms with Gasteiger partial charge in [0.1, 0.15) is 0 Å². The predicted molar refractivity (Wildman–Crippen MR) is 53.3 cm³/mol. The van der Waals surface area contributed by atoms with Gasteiger partial charge in [-0.25, -0.2) is 0 Å². The van der Waals surface area contributed by atoms with Gasteiger partial charge in [-0.15, -0.1) is 6.58 Å². The van der Waals surface area contributed by atoms with Crippen LogP contribution in [0.25, 0.3) is 0 Å². The van der Waals surface area contributed by atoms with Crippen molar-refractivity contribution in [1.29, 1.82) is 0 Å². The van der Waals surface area contributed by atoms with Gasteiger partial charge in [-0.05, 0) is 19.4 Å². The molecule has 70 valence electrons. The average Bonchev–Trinajstić information content (AvgIpc) is 1.97. The Morgan fingerprint density at radius 1 is 1.50 bits per heavy atom. The molecule has 0 atom stereocenters. The van der Waals surface area contributed by atoms with Crippen LogP contribution in [0.2, 0.25) is 0 Å². The molecule has 0 spiro atoms. The van der Waals surface area contributed by atoms with Gasteiger partial charge < -0.3 is 5.32 Å². The highest BCUT2D eigenvalue weighted by molar-refractivity contribution is 4.85. The normalized spacial score (nSPS) is 17.8. The Bertz CT molecular complexity index is 130. The van der Waals surface area contributed by atoms with Gasteiger partial charge in [0.05, 0.1) is 0 Å². The Hall–Kier alpha value is -0.340. The number of hydrogen-bond acceptors (Lipinski definition) is 2. The molecule has 0 aliphatic carbocycles. The Balaban J connectivity index is 2.21. The van der Waals surface area contributed by atoms with Crippen molar-refractivity contribution in [3.8, 4) is 0 Å². The van der Waals surface area contributed by atoms with Crippen LogP contribution in [0.4, 0.5) is 0 Å². The van der Waals surface area contributed by atoms with E-state index in [1.54, 1.807) is 0 Å². The first-order chi connectivity index (χ1) is 5.88. The summed E-state index contributed by atoms with van der Waals surface area (Å²) >= 11 is 0. The highest BCUT2D eigenvalue weighted by Crippen LogP contribution is 2.06. The molecule has 1 fully saturated rings. The molecule has 1 N–H and O–H groups in total. The monoisotopic (exact) mass is 168 g/mol. The van der Waals surface area contributed by atoms with Crippen LogP contribution in [0.5, 0.6) is 0 Å². The van der Waals surface area contributed by atoms with Crippen LogP contribution in [-0.2, 0) is 0 Å². The van der Waals surface area contributed by atoms with Gasteiger partial charge in [0.15, 0.2) is 0 Å². The second-order valence-electron chi connectivity index (χ2n) is 3.43. The van der Waals surface area contributed by atoms with Gasteiger partial charge in [0, 0.05) is 25.7 Å². The van der Waals surface area contributed by atoms with Gasteiger partial charge in [0.2, 0.25) is 0 Å². The SMILES string of the molecule is C=CCCN(CCC)C1CNC1. The van der Waals surface area contributed by atoms with Crippen molar-refractivity contribution in [1.82, 2.24) is 10.2 Å². The maximum atomic E-state index is 3.75. The third-order valence-electron chi connectivity index (χ3n) is 2.41. The predicted octanol–water partition coefficient (Wildman–Crippen LogP) is 1.25. The fraction of sp³-hybridized carbons (Fsp3) is 0.800. The van der Waals surface area contributed by atoms with Crippen molar-refractivity contribution < 1.29 is 0 Å². The molecule has 1 heterocycles. The Morgan fingerprint density at radius 3 is 2.67 bits per heavy atom. The zero-order valence-electron chi connectivity index (χ0n) is 8.05. The third kappa shape index (κ3) is 2.61. The summed E-state index contributed by atoms with van der Waals surface area (Å²) in [5, 5.41) is 3.31. The Morgan fingerprint density at radius 2 is 2.25 bits per heavy atom. The zero-order valence-corrected chi connectivity index (χ0v) is 8.05. The second kappa shape index (κ2) is 5.33. The van der Waals surface area contributed by atoms with Crippen LogP contribution in [0, 0.1) is 0 Å². The van der Waals surface area contributed by atoms with Crippen molar-refractivity contribution in [3.63, 3.8) is 0 Å². The number of hydrogen-bond donors (Lipinski definition) is 1. The standard InChI is InChI=1S/C10H20N2/c1-3-5-7-12(6-4-2)10-8-11-9-10/h3,10-11H,1,4-9H2,2H3. The van der Waals surface area contributed by atoms with Crippen LogP contribution in [0.15, 0.2) is 12.7 Å². The van der Waals surface area contributed by atoms with E-state index in [2.05, 4.69) is 23.7 Å². The average molecular weight is 168 g/mol. The van der Waals surface area contributed by atoms with E-state index in [1.807, 2.05) is 6.08 Å². The molecule has 1 rings (SSSR count). The first-order valence-electron chi connectivity index (χ1n) is 4.94. The first kappa shape index (κ1) is 9.75. The molecule has 0 saturated carbocycles. The summed E-state index contributed by atoms with van der Waals surface area (Å²) in [5.41, 5.74) is 0. The molecule has 0 unspecified atom stereocenters. The molecule has 2 heteroatoms. The van der Waals surface area contributed by atoms with E-state index in [9.17, 15) is 0 Å². The number of rotatable bonds is 6. The maximum absolute atomic E-state index is 3.75. The lowest BCUT2D eigenvalue weighted by molar-refractivity contribution is 0.148. The summed E-state index contributed by atoms with van der Waals surface area (Å²) in [6.45, 7) is 10.8. The summed E-state index contributed by atoms with van der Waals surface area (Å²) in [6, 6.07) is 0.796. The first-order valence-corrected chi connectivity index (χ1v) is 4.94. The maximum Gasteiger partial charge on any atom is 0.0345 e. The summed E-state index contributed by atoms with van der Waals surface area (Å²) < 4.78 is 0. The van der Waals surface area contributed by atoms with Gasteiger partial charge in [-0.2, -0.15) is 0 Å². The molecule has 0 bridgehead atoms. The molecule has 12 heavy (non-hydrogen) atoms. The summed E-state index contributed by atoms with van der Waals surface area (Å²) in [4.78, 5) is 2.57. The largest absolute Gasteiger partial charge is 0.314 e. The summed E-state index contributed by atoms with van der Waals surface area (Å²) in [7, 11) is 0. The molecule has 1 aliphatic rings. The van der Waals surface area contributed by atoms with E-state index >= 15 is 0 Å². The smallest absolute Gasteiger partial charge is 0.0345 e.